The standard InChI is InChI=1S/C12H13N5/c1-2-11(10-8-13-3-5-15-10)17(7-1)12-9-14-4-6-16-12/h3-6,8-9,11H,1-2,7H2/t11-/m1/s1. The van der Waals surface area contributed by atoms with Crippen molar-refractivity contribution in [3.63, 3.8) is 0 Å². The van der Waals surface area contributed by atoms with E-state index in [4.69, 9.17) is 0 Å². The number of hydrogen-bond donors (Lipinski definition) is 0. The molecule has 2 aromatic rings. The average molecular weight is 227 g/mol. The smallest absolute Gasteiger partial charge is 0.147 e. The molecule has 0 N–H and O–H groups in total. The Morgan fingerprint density at radius 3 is 2.53 bits per heavy atom. The first kappa shape index (κ1) is 10.1. The van der Waals surface area contributed by atoms with Gasteiger partial charge in [0.05, 0.1) is 24.1 Å². The van der Waals surface area contributed by atoms with E-state index in [1.54, 1.807) is 31.0 Å². The molecule has 3 rings (SSSR count). The summed E-state index contributed by atoms with van der Waals surface area (Å²) >= 11 is 0. The molecule has 0 spiro atoms. The van der Waals surface area contributed by atoms with Gasteiger partial charge in [-0.15, -0.1) is 0 Å². The Morgan fingerprint density at radius 1 is 1.00 bits per heavy atom. The van der Waals surface area contributed by atoms with Crippen LogP contribution in [0.5, 0.6) is 0 Å². The first-order valence-electron chi connectivity index (χ1n) is 5.74. The van der Waals surface area contributed by atoms with Crippen molar-refractivity contribution < 1.29 is 0 Å². The Kier molecular flexibility index (Phi) is 2.65. The number of rotatable bonds is 2. The lowest BCUT2D eigenvalue weighted by molar-refractivity contribution is 0.682. The van der Waals surface area contributed by atoms with Crippen LogP contribution >= 0.6 is 0 Å². The third-order valence-corrected chi connectivity index (χ3v) is 3.02. The van der Waals surface area contributed by atoms with Crippen molar-refractivity contribution in [2.45, 2.75) is 18.9 Å². The van der Waals surface area contributed by atoms with Gasteiger partial charge in [-0.25, -0.2) is 4.98 Å². The first-order valence-corrected chi connectivity index (χ1v) is 5.74. The summed E-state index contributed by atoms with van der Waals surface area (Å²) in [7, 11) is 0. The third-order valence-electron chi connectivity index (χ3n) is 3.02. The van der Waals surface area contributed by atoms with Crippen LogP contribution < -0.4 is 4.90 Å². The minimum Gasteiger partial charge on any atom is -0.347 e. The van der Waals surface area contributed by atoms with Crippen molar-refractivity contribution >= 4 is 5.82 Å². The Hall–Kier alpha value is -2.04. The molecular weight excluding hydrogens is 214 g/mol. The fourth-order valence-electron chi connectivity index (χ4n) is 2.27. The lowest BCUT2D eigenvalue weighted by atomic mass is 10.1. The zero-order valence-corrected chi connectivity index (χ0v) is 9.40. The lowest BCUT2D eigenvalue weighted by Gasteiger charge is -2.24. The minimum atomic E-state index is 0.278. The molecule has 0 bridgehead atoms. The van der Waals surface area contributed by atoms with Crippen LogP contribution in [-0.2, 0) is 0 Å². The fourth-order valence-corrected chi connectivity index (χ4v) is 2.27. The molecule has 0 aromatic carbocycles. The quantitative estimate of drug-likeness (QED) is 0.780. The zero-order chi connectivity index (χ0) is 11.5. The second kappa shape index (κ2) is 4.45. The van der Waals surface area contributed by atoms with Crippen molar-refractivity contribution in [1.82, 2.24) is 19.9 Å². The van der Waals surface area contributed by atoms with Gasteiger partial charge in [-0.05, 0) is 12.8 Å². The van der Waals surface area contributed by atoms with Gasteiger partial charge in [0.1, 0.15) is 5.82 Å². The van der Waals surface area contributed by atoms with Gasteiger partial charge in [0, 0.05) is 31.3 Å². The van der Waals surface area contributed by atoms with E-state index in [-0.39, 0.29) is 6.04 Å². The number of nitrogens with zero attached hydrogens (tertiary/aromatic N) is 5. The van der Waals surface area contributed by atoms with Crippen molar-refractivity contribution in [1.29, 1.82) is 0 Å². The van der Waals surface area contributed by atoms with Crippen LogP contribution in [0.2, 0.25) is 0 Å². The van der Waals surface area contributed by atoms with E-state index in [2.05, 4.69) is 24.8 Å². The van der Waals surface area contributed by atoms with Crippen LogP contribution in [-0.4, -0.2) is 26.5 Å². The Labute approximate surface area is 99.6 Å². The fraction of sp³-hybridized carbons (Fsp3) is 0.333. The highest BCUT2D eigenvalue weighted by atomic mass is 15.2. The maximum Gasteiger partial charge on any atom is 0.147 e. The predicted octanol–water partition coefficient (Wildman–Crippen LogP) is 1.61. The van der Waals surface area contributed by atoms with Crippen LogP contribution in [0.4, 0.5) is 5.82 Å². The van der Waals surface area contributed by atoms with Gasteiger partial charge >= 0.3 is 0 Å². The van der Waals surface area contributed by atoms with E-state index in [0.717, 1.165) is 30.9 Å². The third kappa shape index (κ3) is 1.95. The van der Waals surface area contributed by atoms with Gasteiger partial charge < -0.3 is 4.90 Å². The molecule has 1 saturated heterocycles. The summed E-state index contributed by atoms with van der Waals surface area (Å²) in [5, 5.41) is 0. The first-order chi connectivity index (χ1) is 8.45. The monoisotopic (exact) mass is 227 g/mol. The van der Waals surface area contributed by atoms with Crippen molar-refractivity contribution in [3.05, 3.63) is 42.9 Å². The van der Waals surface area contributed by atoms with E-state index >= 15 is 0 Å². The van der Waals surface area contributed by atoms with Crippen LogP contribution in [0.15, 0.2) is 37.2 Å². The summed E-state index contributed by atoms with van der Waals surface area (Å²) < 4.78 is 0. The molecule has 5 nitrogen and oxygen atoms in total. The van der Waals surface area contributed by atoms with Crippen LogP contribution in [0.3, 0.4) is 0 Å². The zero-order valence-electron chi connectivity index (χ0n) is 9.40. The molecule has 86 valence electrons. The SMILES string of the molecule is c1cnc([C@H]2CCCN2c2cnccn2)cn1. The van der Waals surface area contributed by atoms with Crippen molar-refractivity contribution in [2.24, 2.45) is 0 Å². The van der Waals surface area contributed by atoms with Gasteiger partial charge in [-0.1, -0.05) is 0 Å². The molecule has 5 heteroatoms. The summed E-state index contributed by atoms with van der Waals surface area (Å²) in [6.07, 6.45) is 12.7. The molecule has 3 heterocycles. The lowest BCUT2D eigenvalue weighted by Crippen LogP contribution is -2.24. The topological polar surface area (TPSA) is 54.8 Å². The molecule has 0 saturated carbocycles. The molecule has 1 aliphatic rings. The number of hydrogen-bond acceptors (Lipinski definition) is 5. The van der Waals surface area contributed by atoms with Gasteiger partial charge in [0.15, 0.2) is 0 Å². The molecule has 1 fully saturated rings. The molecule has 2 aromatic heterocycles. The van der Waals surface area contributed by atoms with Crippen LogP contribution in [0.1, 0.15) is 24.6 Å². The molecule has 0 aliphatic carbocycles. The predicted molar refractivity (Wildman–Crippen MR) is 63.4 cm³/mol. The maximum atomic E-state index is 4.38. The van der Waals surface area contributed by atoms with Gasteiger partial charge in [0.25, 0.3) is 0 Å². The highest BCUT2D eigenvalue weighted by molar-refractivity contribution is 5.40. The van der Waals surface area contributed by atoms with Crippen molar-refractivity contribution in [3.8, 4) is 0 Å². The van der Waals surface area contributed by atoms with Crippen molar-refractivity contribution in [2.75, 3.05) is 11.4 Å². The number of anilines is 1. The maximum absolute atomic E-state index is 4.38. The summed E-state index contributed by atoms with van der Waals surface area (Å²) in [5.74, 6) is 0.917. The second-order valence-electron chi connectivity index (χ2n) is 4.05. The average Bonchev–Trinajstić information content (AvgIpc) is 2.90. The van der Waals surface area contributed by atoms with Crippen LogP contribution in [0.25, 0.3) is 0 Å². The van der Waals surface area contributed by atoms with Gasteiger partial charge in [-0.2, -0.15) is 0 Å². The minimum absolute atomic E-state index is 0.278. The molecule has 1 aliphatic heterocycles. The summed E-state index contributed by atoms with van der Waals surface area (Å²) in [6.45, 7) is 1.000. The number of aromatic nitrogens is 4. The Balaban J connectivity index is 1.91. The molecule has 0 unspecified atom stereocenters. The molecule has 1 atom stereocenters. The normalized spacial score (nSPS) is 19.5. The highest BCUT2D eigenvalue weighted by Gasteiger charge is 2.28. The van der Waals surface area contributed by atoms with E-state index in [1.165, 1.54) is 0 Å². The van der Waals surface area contributed by atoms with Gasteiger partial charge in [0.2, 0.25) is 0 Å². The van der Waals surface area contributed by atoms with E-state index in [0.29, 0.717) is 0 Å². The molecule has 0 amide bonds. The second-order valence-corrected chi connectivity index (χ2v) is 4.05. The molecule has 0 radical (unpaired) electrons. The summed E-state index contributed by atoms with van der Waals surface area (Å²) in [6, 6.07) is 0.278. The van der Waals surface area contributed by atoms with E-state index in [9.17, 15) is 0 Å². The highest BCUT2D eigenvalue weighted by Crippen LogP contribution is 2.33. The Bertz CT molecular complexity index is 427. The largest absolute Gasteiger partial charge is 0.347 e. The Morgan fingerprint density at radius 2 is 1.82 bits per heavy atom. The van der Waals surface area contributed by atoms with Crippen LogP contribution in [0, 0.1) is 0 Å². The van der Waals surface area contributed by atoms with Gasteiger partial charge in [-0.3, -0.25) is 15.0 Å². The van der Waals surface area contributed by atoms with E-state index in [1.807, 2.05) is 6.20 Å². The van der Waals surface area contributed by atoms with E-state index < -0.39 is 0 Å². The molecular formula is C12H13N5. The summed E-state index contributed by atoms with van der Waals surface area (Å²) in [4.78, 5) is 19.2. The summed E-state index contributed by atoms with van der Waals surface area (Å²) in [5.41, 5.74) is 1.01. The molecule has 17 heavy (non-hydrogen) atoms.